The van der Waals surface area contributed by atoms with Gasteiger partial charge in [0.25, 0.3) is 8.32 Å². The number of carbonyl (C=O) groups is 3. The average Bonchev–Trinajstić information content (AvgIpc) is 3.18. The highest BCUT2D eigenvalue weighted by Gasteiger charge is 2.55. The molecule has 272 valence electrons. The predicted octanol–water partition coefficient (Wildman–Crippen LogP) is 6.89. The van der Waals surface area contributed by atoms with E-state index in [1.807, 2.05) is 36.4 Å². The monoisotopic (exact) mass is 746 g/mol. The van der Waals surface area contributed by atoms with Crippen LogP contribution in [-0.2, 0) is 23.4 Å². The molecule has 0 amide bonds. The molecule has 5 aromatic rings. The van der Waals surface area contributed by atoms with Crippen molar-refractivity contribution in [3.8, 4) is 0 Å². The molecule has 6 rings (SSSR count). The zero-order valence-electron chi connectivity index (χ0n) is 29.7. The van der Waals surface area contributed by atoms with Gasteiger partial charge in [0.15, 0.2) is 18.3 Å². The maximum atomic E-state index is 13.8. The van der Waals surface area contributed by atoms with Crippen molar-refractivity contribution in [3.63, 3.8) is 0 Å². The fourth-order valence-corrected chi connectivity index (χ4v) is 11.7. The van der Waals surface area contributed by atoms with Crippen LogP contribution >= 0.6 is 12.6 Å². The number of ether oxygens (including phenoxy) is 4. The molecule has 1 saturated heterocycles. The van der Waals surface area contributed by atoms with Gasteiger partial charge in [0.2, 0.25) is 0 Å². The fraction of sp³-hybridized carbons (Fsp3) is 0.233. The molecule has 0 spiro atoms. The van der Waals surface area contributed by atoms with Crippen LogP contribution in [0.25, 0.3) is 0 Å². The van der Waals surface area contributed by atoms with Gasteiger partial charge in [-0.15, -0.1) is 12.6 Å². The zero-order chi connectivity index (χ0) is 37.4. The molecule has 0 bridgehead atoms. The van der Waals surface area contributed by atoms with E-state index in [9.17, 15) is 14.4 Å². The number of benzene rings is 5. The third kappa shape index (κ3) is 8.47. The first-order chi connectivity index (χ1) is 25.6. The Labute approximate surface area is 316 Å². The van der Waals surface area contributed by atoms with E-state index in [1.54, 1.807) is 91.0 Å². The van der Waals surface area contributed by atoms with Gasteiger partial charge in [-0.2, -0.15) is 0 Å². The largest absolute Gasteiger partial charge is 0.452 e. The van der Waals surface area contributed by atoms with Gasteiger partial charge in [0, 0.05) is 0 Å². The van der Waals surface area contributed by atoms with Crippen LogP contribution in [0.3, 0.4) is 0 Å². The molecule has 5 aromatic carbocycles. The molecule has 0 aromatic heterocycles. The highest BCUT2D eigenvalue weighted by molar-refractivity contribution is 7.80. The molecule has 0 radical (unpaired) electrons. The molecule has 1 aliphatic heterocycles. The third-order valence-electron chi connectivity index (χ3n) is 9.25. The summed E-state index contributed by atoms with van der Waals surface area (Å²) in [6.45, 7) is 6.38. The lowest BCUT2D eigenvalue weighted by atomic mass is 9.98. The summed E-state index contributed by atoms with van der Waals surface area (Å²) in [6, 6.07) is 45.5. The summed E-state index contributed by atoms with van der Waals surface area (Å²) in [5, 5.41) is 1.70. The first-order valence-corrected chi connectivity index (χ1v) is 19.9. The first kappa shape index (κ1) is 37.7. The number of hydrogen-bond acceptors (Lipinski definition) is 9. The van der Waals surface area contributed by atoms with Gasteiger partial charge in [-0.1, -0.05) is 136 Å². The predicted molar refractivity (Wildman–Crippen MR) is 208 cm³/mol. The van der Waals surface area contributed by atoms with Gasteiger partial charge in [0.05, 0.1) is 23.3 Å². The van der Waals surface area contributed by atoms with Crippen molar-refractivity contribution in [2.24, 2.45) is 0 Å². The number of rotatable bonds is 11. The van der Waals surface area contributed by atoms with Crippen molar-refractivity contribution >= 4 is 49.2 Å². The maximum absolute atomic E-state index is 13.8. The summed E-state index contributed by atoms with van der Waals surface area (Å²) >= 11 is 4.76. The summed E-state index contributed by atoms with van der Waals surface area (Å²) < 4.78 is 32.2. The van der Waals surface area contributed by atoms with Crippen molar-refractivity contribution < 1.29 is 37.8 Å². The maximum Gasteiger partial charge on any atom is 0.338 e. The second-order valence-corrected chi connectivity index (χ2v) is 18.6. The summed E-state index contributed by atoms with van der Waals surface area (Å²) in [4.78, 5) is 41.1. The Hall–Kier alpha value is -5.00. The van der Waals surface area contributed by atoms with Crippen molar-refractivity contribution in [1.82, 2.24) is 0 Å². The smallest absolute Gasteiger partial charge is 0.338 e. The highest BCUT2D eigenvalue weighted by atomic mass is 32.1. The van der Waals surface area contributed by atoms with E-state index in [2.05, 4.69) is 45.0 Å². The molecule has 0 N–H and O–H groups in total. The van der Waals surface area contributed by atoms with Crippen LogP contribution in [0.4, 0.5) is 0 Å². The Morgan fingerprint density at radius 3 is 1.26 bits per heavy atom. The quantitative estimate of drug-likeness (QED) is 0.0676. The van der Waals surface area contributed by atoms with Crippen LogP contribution in [0.15, 0.2) is 152 Å². The fourth-order valence-electron chi connectivity index (χ4n) is 6.70. The van der Waals surface area contributed by atoms with Gasteiger partial charge >= 0.3 is 17.9 Å². The van der Waals surface area contributed by atoms with E-state index in [0.717, 1.165) is 10.4 Å². The molecule has 1 aliphatic rings. The molecule has 5 atom stereocenters. The number of thiol groups is 1. The van der Waals surface area contributed by atoms with Crippen LogP contribution in [0.2, 0.25) is 5.04 Å². The summed E-state index contributed by atoms with van der Waals surface area (Å²) in [5.41, 5.74) is -0.291. The van der Waals surface area contributed by atoms with Crippen molar-refractivity contribution in [1.29, 1.82) is 0 Å². The molecule has 10 heteroatoms. The van der Waals surface area contributed by atoms with E-state index < -0.39 is 56.1 Å². The minimum atomic E-state index is -3.12. The van der Waals surface area contributed by atoms with E-state index >= 15 is 0 Å². The van der Waals surface area contributed by atoms with Crippen LogP contribution in [0, 0.1) is 0 Å². The number of carbonyl (C=O) groups excluding carboxylic acids is 3. The molecule has 1 fully saturated rings. The average molecular weight is 747 g/mol. The Morgan fingerprint density at radius 2 is 0.887 bits per heavy atom. The zero-order valence-corrected chi connectivity index (χ0v) is 31.6. The lowest BCUT2D eigenvalue weighted by molar-refractivity contribution is -0.205. The van der Waals surface area contributed by atoms with Gasteiger partial charge < -0.3 is 23.4 Å². The van der Waals surface area contributed by atoms with Crippen molar-refractivity contribution in [3.05, 3.63) is 168 Å². The molecular formula is C43H42O8SSi. The van der Waals surface area contributed by atoms with Gasteiger partial charge in [-0.3, -0.25) is 0 Å². The molecule has 53 heavy (non-hydrogen) atoms. The third-order valence-corrected chi connectivity index (χ3v) is 14.7. The van der Waals surface area contributed by atoms with Crippen LogP contribution in [0.5, 0.6) is 0 Å². The minimum Gasteiger partial charge on any atom is -0.452 e. The Kier molecular flexibility index (Phi) is 11.9. The SMILES string of the molecule is CC(C)(C)[Si](OC[C@H]1O[C@@H](S)[C@H](OC(=O)c2ccccc2)[C@@H](OC(=O)c2ccccc2)[C@@H]1OC(=O)c1ccccc1)(c1ccccc1)c1ccccc1. The Bertz CT molecular complexity index is 1920. The Morgan fingerprint density at radius 1 is 0.547 bits per heavy atom. The summed E-state index contributed by atoms with van der Waals surface area (Å²) in [7, 11) is -3.12. The lowest BCUT2D eigenvalue weighted by Gasteiger charge is -2.47. The van der Waals surface area contributed by atoms with E-state index in [4.69, 9.17) is 36.0 Å². The topological polar surface area (TPSA) is 97.4 Å². The van der Waals surface area contributed by atoms with E-state index in [1.165, 1.54) is 0 Å². The van der Waals surface area contributed by atoms with Crippen molar-refractivity contribution in [2.45, 2.75) is 55.7 Å². The van der Waals surface area contributed by atoms with Gasteiger partial charge in [0.1, 0.15) is 11.5 Å². The van der Waals surface area contributed by atoms with Crippen LogP contribution < -0.4 is 10.4 Å². The summed E-state index contributed by atoms with van der Waals surface area (Å²) in [5.74, 6) is -2.07. The molecule has 1 heterocycles. The molecule has 0 unspecified atom stereocenters. The molecule has 0 saturated carbocycles. The second kappa shape index (κ2) is 16.8. The normalized spacial score (nSPS) is 20.2. The van der Waals surface area contributed by atoms with Gasteiger partial charge in [-0.05, 0) is 51.8 Å². The van der Waals surface area contributed by atoms with Crippen LogP contribution in [-0.4, -0.2) is 62.7 Å². The standard InChI is InChI=1S/C43H42O8SSi/c1-43(2,3)53(33-25-15-7-16-26-33,34-27-17-8-18-28-34)47-29-35-36(49-39(44)30-19-9-4-10-20-30)37(50-40(45)31-21-11-5-12-22-31)38(42(52)48-35)51-41(46)32-23-13-6-14-24-32/h4-28,35-38,42,52H,29H2,1-3H3/t35-,36-,37+,38-,42+/m1/s1. The number of hydrogen-bond donors (Lipinski definition) is 1. The molecule has 0 aliphatic carbocycles. The highest BCUT2D eigenvalue weighted by Crippen LogP contribution is 2.38. The van der Waals surface area contributed by atoms with Crippen molar-refractivity contribution in [2.75, 3.05) is 6.61 Å². The second-order valence-electron chi connectivity index (χ2n) is 13.7. The van der Waals surface area contributed by atoms with E-state index in [-0.39, 0.29) is 28.3 Å². The molecule has 8 nitrogen and oxygen atoms in total. The first-order valence-electron chi connectivity index (χ1n) is 17.4. The minimum absolute atomic E-state index is 0.0736. The summed E-state index contributed by atoms with van der Waals surface area (Å²) in [6.07, 6.45) is -4.92. The Balaban J connectivity index is 1.43. The van der Waals surface area contributed by atoms with Crippen LogP contribution in [0.1, 0.15) is 51.8 Å². The number of esters is 3. The molecular weight excluding hydrogens is 705 g/mol. The van der Waals surface area contributed by atoms with E-state index in [0.29, 0.717) is 0 Å². The lowest BCUT2D eigenvalue weighted by Crippen LogP contribution is -2.68. The van der Waals surface area contributed by atoms with Gasteiger partial charge in [-0.25, -0.2) is 14.4 Å².